The summed E-state index contributed by atoms with van der Waals surface area (Å²) in [6.45, 7) is 14.3. The molecule has 0 saturated heterocycles. The van der Waals surface area contributed by atoms with E-state index in [9.17, 15) is 0 Å². The fraction of sp³-hybridized carbons (Fsp3) is 0.520. The third-order valence-electron chi connectivity index (χ3n) is 7.60. The van der Waals surface area contributed by atoms with Crippen LogP contribution in [0.2, 0.25) is 36.3 Å². The second-order valence-electron chi connectivity index (χ2n) is 8.25. The topological polar surface area (TPSA) is 0 Å². The van der Waals surface area contributed by atoms with Gasteiger partial charge in [0.1, 0.15) is 0 Å². The lowest BCUT2D eigenvalue weighted by atomic mass is 10.1. The van der Waals surface area contributed by atoms with Gasteiger partial charge in [-0.3, -0.25) is 0 Å². The Balaban J connectivity index is 2.16. The normalized spacial score (nSPS) is 12.4. The van der Waals surface area contributed by atoms with Gasteiger partial charge in [-0.25, -0.2) is 0 Å². The van der Waals surface area contributed by atoms with Crippen molar-refractivity contribution in [3.05, 3.63) is 59.7 Å². The van der Waals surface area contributed by atoms with E-state index in [0.29, 0.717) is 0 Å². The van der Waals surface area contributed by atoms with E-state index in [0.717, 1.165) is 6.42 Å². The van der Waals surface area contributed by atoms with E-state index in [2.05, 4.69) is 90.1 Å². The molecular formula is C25H40Si2. The molecule has 27 heavy (non-hydrogen) atoms. The Kier molecular flexibility index (Phi) is 8.11. The van der Waals surface area contributed by atoms with Gasteiger partial charge in [-0.2, -0.15) is 0 Å². The maximum absolute atomic E-state index is 2.44. The van der Waals surface area contributed by atoms with E-state index in [1.807, 2.05) is 0 Å². The highest BCUT2D eigenvalue weighted by Gasteiger charge is 2.29. The fourth-order valence-corrected chi connectivity index (χ4v) is 12.1. The third-order valence-corrected chi connectivity index (χ3v) is 18.8. The smallest absolute Gasteiger partial charge is 0.0675 e. The van der Waals surface area contributed by atoms with Crippen molar-refractivity contribution in [2.75, 3.05) is 0 Å². The number of benzene rings is 2. The minimum atomic E-state index is -1.25. The van der Waals surface area contributed by atoms with Crippen LogP contribution in [0.25, 0.3) is 0 Å². The van der Waals surface area contributed by atoms with Gasteiger partial charge in [0.15, 0.2) is 0 Å². The summed E-state index contributed by atoms with van der Waals surface area (Å²) in [5.41, 5.74) is 2.89. The molecule has 2 aromatic rings. The predicted octanol–water partition coefficient (Wildman–Crippen LogP) is 6.71. The molecule has 0 aliphatic rings. The summed E-state index contributed by atoms with van der Waals surface area (Å²) in [5, 5.41) is 3.30. The van der Waals surface area contributed by atoms with Crippen molar-refractivity contribution in [1.29, 1.82) is 0 Å². The molecule has 0 aliphatic heterocycles. The Morgan fingerprint density at radius 1 is 0.444 bits per heavy atom. The zero-order chi connectivity index (χ0) is 19.9. The van der Waals surface area contributed by atoms with Crippen LogP contribution in [0.4, 0.5) is 0 Å². The maximum Gasteiger partial charge on any atom is 0.0859 e. The molecule has 0 fully saturated rings. The fourth-order valence-electron chi connectivity index (χ4n) is 4.91. The molecule has 148 valence electrons. The summed E-state index contributed by atoms with van der Waals surface area (Å²) < 4.78 is 0. The van der Waals surface area contributed by atoms with Gasteiger partial charge in [-0.05, 0) is 17.5 Å². The van der Waals surface area contributed by atoms with Crippen molar-refractivity contribution in [3.63, 3.8) is 0 Å². The molecule has 0 N–H and O–H groups in total. The van der Waals surface area contributed by atoms with Crippen molar-refractivity contribution in [2.24, 2.45) is 0 Å². The molecule has 0 saturated carbocycles. The van der Waals surface area contributed by atoms with Gasteiger partial charge >= 0.3 is 0 Å². The van der Waals surface area contributed by atoms with Crippen LogP contribution in [0.15, 0.2) is 48.5 Å². The lowest BCUT2D eigenvalue weighted by Crippen LogP contribution is -2.45. The highest BCUT2D eigenvalue weighted by molar-refractivity contribution is 6.92. The molecule has 0 radical (unpaired) electrons. The first kappa shape index (κ1) is 22.2. The first-order valence-electron chi connectivity index (χ1n) is 11.2. The first-order valence-corrected chi connectivity index (χ1v) is 16.5. The Morgan fingerprint density at radius 3 is 0.926 bits per heavy atom. The molecule has 0 amide bonds. The molecule has 0 atom stereocenters. The third kappa shape index (κ3) is 4.66. The van der Waals surface area contributed by atoms with Gasteiger partial charge in [-0.1, -0.05) is 137 Å². The van der Waals surface area contributed by atoms with Crippen molar-refractivity contribution in [2.45, 2.75) is 84.2 Å². The van der Waals surface area contributed by atoms with E-state index < -0.39 is 16.1 Å². The highest BCUT2D eigenvalue weighted by Crippen LogP contribution is 2.22. The molecule has 2 heteroatoms. The molecule has 0 nitrogen and oxygen atoms in total. The van der Waals surface area contributed by atoms with Crippen LogP contribution in [-0.4, -0.2) is 16.1 Å². The predicted molar refractivity (Wildman–Crippen MR) is 129 cm³/mol. The summed E-state index contributed by atoms with van der Waals surface area (Å²) in [4.78, 5) is 0. The largest absolute Gasteiger partial charge is 0.0859 e. The van der Waals surface area contributed by atoms with Crippen LogP contribution in [0.5, 0.6) is 0 Å². The number of rotatable bonds is 10. The monoisotopic (exact) mass is 396 g/mol. The molecular weight excluding hydrogens is 356 g/mol. The van der Waals surface area contributed by atoms with Gasteiger partial charge in [0.05, 0.1) is 16.1 Å². The van der Waals surface area contributed by atoms with Crippen molar-refractivity contribution in [1.82, 2.24) is 0 Å². The Labute approximate surface area is 170 Å². The molecule has 0 heterocycles. The van der Waals surface area contributed by atoms with Gasteiger partial charge in [0.2, 0.25) is 0 Å². The highest BCUT2D eigenvalue weighted by atomic mass is 28.3. The van der Waals surface area contributed by atoms with Crippen LogP contribution >= 0.6 is 0 Å². The Bertz CT molecular complexity index is 599. The summed E-state index contributed by atoms with van der Waals surface area (Å²) >= 11 is 0. The molecule has 0 spiro atoms. The first-order chi connectivity index (χ1) is 13.0. The van der Waals surface area contributed by atoms with Crippen LogP contribution in [-0.2, 0) is 6.42 Å². The zero-order valence-electron chi connectivity index (χ0n) is 18.6. The minimum absolute atomic E-state index is 1.05. The summed E-state index contributed by atoms with van der Waals surface area (Å²) in [7, 11) is -2.49. The number of hydrogen-bond acceptors (Lipinski definition) is 0. The van der Waals surface area contributed by atoms with E-state index in [4.69, 9.17) is 0 Å². The standard InChI is InChI=1S/C25H40Si2/c1-7-26(8-2,9-3)24-17-13-22(14-18-24)21-23-15-19-25(20-16-23)27(10-4,11-5)12-6/h13-20H,7-12,21H2,1-6H3. The zero-order valence-corrected chi connectivity index (χ0v) is 20.6. The van der Waals surface area contributed by atoms with E-state index in [1.165, 1.54) is 47.4 Å². The van der Waals surface area contributed by atoms with Crippen LogP contribution in [0, 0.1) is 0 Å². The quantitative estimate of drug-likeness (QED) is 0.391. The molecule has 2 rings (SSSR count). The van der Waals surface area contributed by atoms with Crippen molar-refractivity contribution < 1.29 is 0 Å². The van der Waals surface area contributed by atoms with Crippen LogP contribution in [0.3, 0.4) is 0 Å². The average Bonchev–Trinajstić information content (AvgIpc) is 2.74. The molecule has 0 unspecified atom stereocenters. The van der Waals surface area contributed by atoms with Crippen LogP contribution < -0.4 is 10.4 Å². The summed E-state index contributed by atoms with van der Waals surface area (Å²) in [5.74, 6) is 0. The number of hydrogen-bond donors (Lipinski definition) is 0. The lowest BCUT2D eigenvalue weighted by Gasteiger charge is -2.29. The van der Waals surface area contributed by atoms with E-state index in [1.54, 1.807) is 10.4 Å². The van der Waals surface area contributed by atoms with Gasteiger partial charge in [0.25, 0.3) is 0 Å². The second-order valence-corrected chi connectivity index (χ2v) is 18.8. The molecule has 0 aromatic heterocycles. The Hall–Kier alpha value is -1.13. The molecule has 0 aliphatic carbocycles. The average molecular weight is 397 g/mol. The van der Waals surface area contributed by atoms with Gasteiger partial charge in [-0.15, -0.1) is 0 Å². The maximum atomic E-state index is 2.44. The minimum Gasteiger partial charge on any atom is -0.0675 e. The van der Waals surface area contributed by atoms with Gasteiger partial charge in [0, 0.05) is 0 Å². The summed E-state index contributed by atoms with van der Waals surface area (Å²) in [6.07, 6.45) is 1.05. The second kappa shape index (κ2) is 9.88. The van der Waals surface area contributed by atoms with Crippen molar-refractivity contribution >= 4 is 26.5 Å². The molecule has 2 aromatic carbocycles. The summed E-state index contributed by atoms with van der Waals surface area (Å²) in [6, 6.07) is 27.5. The van der Waals surface area contributed by atoms with Gasteiger partial charge < -0.3 is 0 Å². The lowest BCUT2D eigenvalue weighted by molar-refractivity contribution is 1.17. The van der Waals surface area contributed by atoms with Crippen molar-refractivity contribution in [3.8, 4) is 0 Å². The molecule has 0 bridgehead atoms. The van der Waals surface area contributed by atoms with E-state index >= 15 is 0 Å². The van der Waals surface area contributed by atoms with Crippen LogP contribution in [0.1, 0.15) is 52.7 Å². The SMILES string of the molecule is CC[Si](CC)(CC)c1ccc(Cc2ccc([Si](CC)(CC)CC)cc2)cc1. The van der Waals surface area contributed by atoms with E-state index in [-0.39, 0.29) is 0 Å². The Morgan fingerprint density at radius 2 is 0.704 bits per heavy atom.